The molecule has 0 atom stereocenters. The van der Waals surface area contributed by atoms with Crippen molar-refractivity contribution in [2.75, 3.05) is 82.4 Å². The van der Waals surface area contributed by atoms with Crippen molar-refractivity contribution < 1.29 is 33.3 Å². The Morgan fingerprint density at radius 3 is 2.38 bits per heavy atom. The fraction of sp³-hybridized carbons (Fsp3) is 0.579. The van der Waals surface area contributed by atoms with Crippen molar-refractivity contribution in [2.45, 2.75) is 64.1 Å². The van der Waals surface area contributed by atoms with Crippen molar-refractivity contribution in [3.63, 3.8) is 0 Å². The number of rotatable bonds is 19. The summed E-state index contributed by atoms with van der Waals surface area (Å²) in [6, 6.07) is 7.69. The van der Waals surface area contributed by atoms with Crippen molar-refractivity contribution in [1.29, 1.82) is 0 Å². The summed E-state index contributed by atoms with van der Waals surface area (Å²) in [6.07, 6.45) is 10.2. The van der Waals surface area contributed by atoms with E-state index < -0.39 is 11.0 Å². The lowest BCUT2D eigenvalue weighted by Gasteiger charge is -2.38. The number of fused-ring (bicyclic) bond motifs is 3. The van der Waals surface area contributed by atoms with Crippen LogP contribution in [-0.2, 0) is 47.0 Å². The lowest BCUT2D eigenvalue weighted by molar-refractivity contribution is -0.125. The van der Waals surface area contributed by atoms with Crippen LogP contribution >= 0.6 is 23.4 Å². The molecule has 1 spiro atoms. The molecule has 2 aliphatic heterocycles. The molecular formula is C38H50ClN5O7S. The number of benzene rings is 1. The molecule has 4 heterocycles. The van der Waals surface area contributed by atoms with Crippen LogP contribution in [0.2, 0.25) is 5.02 Å². The van der Waals surface area contributed by atoms with Gasteiger partial charge in [0.15, 0.2) is 0 Å². The van der Waals surface area contributed by atoms with Gasteiger partial charge in [0, 0.05) is 36.6 Å². The van der Waals surface area contributed by atoms with Crippen LogP contribution in [0.4, 0.5) is 10.5 Å². The molecule has 5 rings (SSSR count). The number of carbonyl (C=O) groups is 2. The van der Waals surface area contributed by atoms with Gasteiger partial charge in [0.05, 0.1) is 81.1 Å². The zero-order valence-corrected chi connectivity index (χ0v) is 32.0. The predicted octanol–water partition coefficient (Wildman–Crippen LogP) is 5.72. The SMILES string of the molecule is C#CCOCCOCCOCCOCCSCCCn1c(CN2C(=O)C3(CCN(C(=O)OC(C)(C)C)CC3)c3ccncc32)nc2cc(Cl)ccc21. The fourth-order valence-corrected chi connectivity index (χ4v) is 7.47. The Morgan fingerprint density at radius 1 is 1.00 bits per heavy atom. The summed E-state index contributed by atoms with van der Waals surface area (Å²) in [5, 5.41) is 0.614. The number of halogens is 1. The maximum Gasteiger partial charge on any atom is 0.410 e. The van der Waals surface area contributed by atoms with E-state index in [0.717, 1.165) is 52.6 Å². The van der Waals surface area contributed by atoms with Crippen molar-refractivity contribution in [3.8, 4) is 12.3 Å². The zero-order chi connectivity index (χ0) is 37.0. The van der Waals surface area contributed by atoms with Crippen LogP contribution < -0.4 is 4.90 Å². The highest BCUT2D eigenvalue weighted by atomic mass is 35.5. The monoisotopic (exact) mass is 755 g/mol. The van der Waals surface area contributed by atoms with E-state index in [2.05, 4.69) is 15.5 Å². The average molecular weight is 756 g/mol. The van der Waals surface area contributed by atoms with Crippen LogP contribution in [0.5, 0.6) is 0 Å². The molecule has 1 fully saturated rings. The molecule has 282 valence electrons. The first-order chi connectivity index (χ1) is 25.1. The van der Waals surface area contributed by atoms with Gasteiger partial charge in [-0.05, 0) is 75.6 Å². The first kappa shape index (κ1) is 39.8. The summed E-state index contributed by atoms with van der Waals surface area (Å²) in [5.74, 6) is 5.05. The number of anilines is 1. The Morgan fingerprint density at radius 2 is 1.69 bits per heavy atom. The Labute approximate surface area is 315 Å². The fourth-order valence-electron chi connectivity index (χ4n) is 6.53. The maximum absolute atomic E-state index is 14.4. The van der Waals surface area contributed by atoms with E-state index in [4.69, 9.17) is 46.7 Å². The number of terminal acetylenes is 1. The third kappa shape index (κ3) is 10.4. The lowest BCUT2D eigenvalue weighted by atomic mass is 9.74. The van der Waals surface area contributed by atoms with Crippen LogP contribution in [0.3, 0.4) is 0 Å². The molecule has 1 saturated heterocycles. The summed E-state index contributed by atoms with van der Waals surface area (Å²) < 4.78 is 29.6. The largest absolute Gasteiger partial charge is 0.444 e. The highest BCUT2D eigenvalue weighted by Crippen LogP contribution is 2.48. The number of pyridine rings is 1. The third-order valence-corrected chi connectivity index (χ3v) is 10.2. The molecule has 0 aliphatic carbocycles. The van der Waals surface area contributed by atoms with Crippen molar-refractivity contribution in [1.82, 2.24) is 19.4 Å². The minimum atomic E-state index is -0.728. The molecule has 2 amide bonds. The number of hydrogen-bond donors (Lipinski definition) is 0. The maximum atomic E-state index is 14.4. The highest BCUT2D eigenvalue weighted by Gasteiger charge is 2.53. The number of aryl methyl sites for hydroxylation is 1. The summed E-state index contributed by atoms with van der Waals surface area (Å²) >= 11 is 8.21. The summed E-state index contributed by atoms with van der Waals surface area (Å²) in [5.41, 5.74) is 2.22. The van der Waals surface area contributed by atoms with Gasteiger partial charge in [0.1, 0.15) is 18.0 Å². The molecule has 0 radical (unpaired) electrons. The number of imidazole rings is 1. The summed E-state index contributed by atoms with van der Waals surface area (Å²) in [4.78, 5) is 40.1. The normalized spacial score (nSPS) is 15.4. The molecule has 0 N–H and O–H groups in total. The molecule has 0 unspecified atom stereocenters. The second-order valence-corrected chi connectivity index (χ2v) is 15.4. The van der Waals surface area contributed by atoms with Gasteiger partial charge in [-0.25, -0.2) is 9.78 Å². The van der Waals surface area contributed by atoms with Gasteiger partial charge in [0.25, 0.3) is 0 Å². The van der Waals surface area contributed by atoms with Gasteiger partial charge in [-0.1, -0.05) is 17.5 Å². The molecule has 2 aliphatic rings. The lowest BCUT2D eigenvalue weighted by Crippen LogP contribution is -2.51. The van der Waals surface area contributed by atoms with Crippen LogP contribution in [0, 0.1) is 12.3 Å². The first-order valence-electron chi connectivity index (χ1n) is 17.8. The second-order valence-electron chi connectivity index (χ2n) is 13.7. The summed E-state index contributed by atoms with van der Waals surface area (Å²) in [6.45, 7) is 11.5. The van der Waals surface area contributed by atoms with Crippen LogP contribution in [-0.4, -0.2) is 114 Å². The van der Waals surface area contributed by atoms with Gasteiger partial charge in [-0.3, -0.25) is 9.78 Å². The number of likely N-dealkylation sites (tertiary alicyclic amines) is 1. The van der Waals surface area contributed by atoms with E-state index in [1.807, 2.05) is 61.7 Å². The van der Waals surface area contributed by atoms with Crippen molar-refractivity contribution in [2.24, 2.45) is 0 Å². The molecule has 14 heteroatoms. The smallest absolute Gasteiger partial charge is 0.410 e. The van der Waals surface area contributed by atoms with Gasteiger partial charge < -0.3 is 38.1 Å². The molecule has 12 nitrogen and oxygen atoms in total. The molecular weight excluding hydrogens is 706 g/mol. The van der Waals surface area contributed by atoms with E-state index in [0.29, 0.717) is 90.4 Å². The number of amides is 2. The van der Waals surface area contributed by atoms with E-state index in [1.54, 1.807) is 17.3 Å². The quantitative estimate of drug-likeness (QED) is 0.111. The van der Waals surface area contributed by atoms with Gasteiger partial charge in [-0.15, -0.1) is 6.42 Å². The number of hydrogen-bond acceptors (Lipinski definition) is 10. The standard InChI is InChI=1S/C38H50ClN5O7S/c1-5-16-47-17-18-48-19-20-49-21-22-50-23-25-52-24-6-13-43-32-8-7-29(39)26-31(32)41-34(43)28-44-33-27-40-12-9-30(33)38(35(44)45)10-14-42(15-11-38)36(46)51-37(2,3)4/h1,7-9,12,26-27H,6,10-11,13-25,28H2,2-4H3. The van der Waals surface area contributed by atoms with Crippen molar-refractivity contribution >= 4 is 52.1 Å². The van der Waals surface area contributed by atoms with Crippen LogP contribution in [0.15, 0.2) is 36.7 Å². The van der Waals surface area contributed by atoms with E-state index in [-0.39, 0.29) is 12.0 Å². The zero-order valence-electron chi connectivity index (χ0n) is 30.4. The number of carbonyl (C=O) groups excluding carboxylic acids is 2. The molecule has 2 aromatic heterocycles. The number of ether oxygens (including phenoxy) is 5. The van der Waals surface area contributed by atoms with Gasteiger partial charge >= 0.3 is 6.09 Å². The van der Waals surface area contributed by atoms with E-state index in [1.165, 1.54) is 0 Å². The van der Waals surface area contributed by atoms with E-state index in [9.17, 15) is 9.59 Å². The third-order valence-electron chi connectivity index (χ3n) is 8.96. The molecule has 0 saturated carbocycles. The number of nitrogens with zero attached hydrogens (tertiary/aromatic N) is 5. The van der Waals surface area contributed by atoms with Crippen LogP contribution in [0.25, 0.3) is 11.0 Å². The number of thioether (sulfide) groups is 1. The average Bonchev–Trinajstić information content (AvgIpc) is 3.56. The van der Waals surface area contributed by atoms with Crippen LogP contribution in [0.1, 0.15) is 51.4 Å². The number of piperidine rings is 1. The van der Waals surface area contributed by atoms with E-state index >= 15 is 0 Å². The molecule has 1 aromatic carbocycles. The predicted molar refractivity (Wildman–Crippen MR) is 203 cm³/mol. The molecule has 3 aromatic rings. The Hall–Kier alpha value is -3.38. The van der Waals surface area contributed by atoms with Gasteiger partial charge in [-0.2, -0.15) is 11.8 Å². The Kier molecular flexibility index (Phi) is 14.6. The topological polar surface area (TPSA) is 117 Å². The Bertz CT molecular complexity index is 1680. The second kappa shape index (κ2) is 19.1. The summed E-state index contributed by atoms with van der Waals surface area (Å²) in [7, 11) is 0. The first-order valence-corrected chi connectivity index (χ1v) is 19.4. The minimum absolute atomic E-state index is 0.0207. The number of aromatic nitrogens is 3. The molecule has 0 bridgehead atoms. The van der Waals surface area contributed by atoms with Gasteiger partial charge in [0.2, 0.25) is 5.91 Å². The highest BCUT2D eigenvalue weighted by molar-refractivity contribution is 7.99. The van der Waals surface area contributed by atoms with Crippen molar-refractivity contribution in [3.05, 3.63) is 53.1 Å². The Balaban J connectivity index is 1.12. The minimum Gasteiger partial charge on any atom is -0.444 e. The molecule has 52 heavy (non-hydrogen) atoms.